The highest BCUT2D eigenvalue weighted by Gasteiger charge is 2.71. The summed E-state index contributed by atoms with van der Waals surface area (Å²) in [4.78, 5) is 38.4. The number of hydrogen-bond donors (Lipinski definition) is 2. The van der Waals surface area contributed by atoms with Crippen LogP contribution >= 0.6 is 0 Å². The molecule has 0 aromatic heterocycles. The molecular weight excluding hydrogens is 482 g/mol. The summed E-state index contributed by atoms with van der Waals surface area (Å²) in [6, 6.07) is 3.69. The van der Waals surface area contributed by atoms with Crippen molar-refractivity contribution >= 4 is 17.9 Å². The topological polar surface area (TPSA) is 132 Å². The van der Waals surface area contributed by atoms with E-state index in [9.17, 15) is 24.6 Å². The van der Waals surface area contributed by atoms with Gasteiger partial charge in [-0.1, -0.05) is 12.1 Å². The van der Waals surface area contributed by atoms with E-state index in [-0.39, 0.29) is 31.2 Å². The van der Waals surface area contributed by atoms with Crippen LogP contribution < -0.4 is 4.74 Å². The van der Waals surface area contributed by atoms with Gasteiger partial charge in [-0.05, 0) is 51.9 Å². The SMILES string of the molecule is CC(=O)O[C@H](C)CC(=O)O[C@@H](C)C(=O)OC1=CC[C@@]2(O)[C@H]3Cc4ccc(CO)c5c4C2(CCN3C)C1O5. The van der Waals surface area contributed by atoms with Crippen molar-refractivity contribution in [1.82, 2.24) is 4.90 Å². The van der Waals surface area contributed by atoms with E-state index >= 15 is 0 Å². The Labute approximate surface area is 215 Å². The standard InChI is InChI=1S/C27H33NO9/c1-14(34-16(3)30)11-21(31)35-15(2)25(32)36-19-7-8-27(33)20-12-17-5-6-18(13-29)23-22(17)26(27,24(19)37-23)9-10-28(20)4/h5-7,14-15,20,24,29,33H,8-13H2,1-4H3/t14-,15+,20-,24?,26?,27-/m1/s1. The second-order valence-corrected chi connectivity index (χ2v) is 10.6. The fraction of sp³-hybridized carbons (Fsp3) is 0.593. The molecule has 1 fully saturated rings. The lowest BCUT2D eigenvalue weighted by Crippen LogP contribution is -2.74. The lowest BCUT2D eigenvalue weighted by atomic mass is 9.50. The molecule has 2 N–H and O–H groups in total. The first kappa shape index (κ1) is 25.7. The highest BCUT2D eigenvalue weighted by Crippen LogP contribution is 2.64. The Morgan fingerprint density at radius 3 is 2.70 bits per heavy atom. The second kappa shape index (κ2) is 9.11. The first-order valence-electron chi connectivity index (χ1n) is 12.7. The predicted molar refractivity (Wildman–Crippen MR) is 128 cm³/mol. The Bertz CT molecular complexity index is 1180. The van der Waals surface area contributed by atoms with E-state index in [1.807, 2.05) is 19.2 Å². The van der Waals surface area contributed by atoms with Crippen LogP contribution in [0.5, 0.6) is 5.75 Å². The van der Waals surface area contributed by atoms with E-state index < -0.39 is 47.2 Å². The number of likely N-dealkylation sites (N-methyl/N-ethyl adjacent to an activating group) is 1. The molecule has 10 nitrogen and oxygen atoms in total. The van der Waals surface area contributed by atoms with Crippen LogP contribution in [-0.2, 0) is 47.0 Å². The number of carbonyl (C=O) groups excluding carboxylic acids is 3. The number of benzene rings is 1. The minimum atomic E-state index is -1.21. The molecule has 2 heterocycles. The zero-order valence-electron chi connectivity index (χ0n) is 21.5. The number of rotatable bonds is 7. The van der Waals surface area contributed by atoms with Gasteiger partial charge < -0.3 is 34.1 Å². The van der Waals surface area contributed by atoms with Crippen LogP contribution in [0.4, 0.5) is 0 Å². The summed E-state index contributed by atoms with van der Waals surface area (Å²) >= 11 is 0. The van der Waals surface area contributed by atoms with E-state index in [0.29, 0.717) is 24.2 Å². The molecule has 1 saturated heterocycles. The molecule has 6 atom stereocenters. The summed E-state index contributed by atoms with van der Waals surface area (Å²) in [5.41, 5.74) is 0.612. The number of ether oxygens (including phenoxy) is 4. The Morgan fingerprint density at radius 2 is 2.00 bits per heavy atom. The molecule has 2 aliphatic carbocycles. The molecule has 2 aliphatic heterocycles. The van der Waals surface area contributed by atoms with Crippen LogP contribution in [0, 0.1) is 0 Å². The van der Waals surface area contributed by atoms with Crippen molar-refractivity contribution in [2.75, 3.05) is 13.6 Å². The number of hydrogen-bond acceptors (Lipinski definition) is 10. The monoisotopic (exact) mass is 515 g/mol. The predicted octanol–water partition coefficient (Wildman–Crippen LogP) is 1.27. The third kappa shape index (κ3) is 3.84. The molecule has 2 bridgehead atoms. The molecule has 0 saturated carbocycles. The quantitative estimate of drug-likeness (QED) is 0.404. The Morgan fingerprint density at radius 1 is 1.24 bits per heavy atom. The Balaban J connectivity index is 1.40. The van der Waals surface area contributed by atoms with E-state index in [4.69, 9.17) is 18.9 Å². The average Bonchev–Trinajstić information content (AvgIpc) is 3.18. The van der Waals surface area contributed by atoms with E-state index in [2.05, 4.69) is 4.90 Å². The largest absolute Gasteiger partial charge is 0.481 e. The van der Waals surface area contributed by atoms with Gasteiger partial charge in [0.05, 0.1) is 24.0 Å². The number of piperidine rings is 1. The molecule has 200 valence electrons. The highest BCUT2D eigenvalue weighted by molar-refractivity contribution is 5.80. The van der Waals surface area contributed by atoms with Gasteiger partial charge in [-0.2, -0.15) is 0 Å². The van der Waals surface area contributed by atoms with Gasteiger partial charge in [0, 0.05) is 30.5 Å². The highest BCUT2D eigenvalue weighted by atomic mass is 16.6. The van der Waals surface area contributed by atoms with Gasteiger partial charge in [0.1, 0.15) is 17.6 Å². The van der Waals surface area contributed by atoms with Gasteiger partial charge in [0.25, 0.3) is 0 Å². The minimum Gasteiger partial charge on any atom is -0.481 e. The lowest BCUT2D eigenvalue weighted by Gasteiger charge is -2.61. The Hall–Kier alpha value is -2.95. The maximum Gasteiger partial charge on any atom is 0.352 e. The van der Waals surface area contributed by atoms with Crippen LogP contribution in [0.25, 0.3) is 0 Å². The van der Waals surface area contributed by atoms with Gasteiger partial charge >= 0.3 is 17.9 Å². The molecule has 0 radical (unpaired) electrons. The molecule has 1 spiro atoms. The summed E-state index contributed by atoms with van der Waals surface area (Å²) in [6.07, 6.45) is 0.346. The molecule has 10 heteroatoms. The minimum absolute atomic E-state index is 0.140. The number of carbonyl (C=O) groups is 3. The fourth-order valence-electron chi connectivity index (χ4n) is 6.68. The molecule has 5 rings (SSSR count). The van der Waals surface area contributed by atoms with Crippen molar-refractivity contribution in [3.05, 3.63) is 40.7 Å². The molecule has 1 aromatic carbocycles. The molecule has 2 unspecified atom stereocenters. The summed E-state index contributed by atoms with van der Waals surface area (Å²) in [6.45, 7) is 4.72. The Kier molecular flexibility index (Phi) is 6.32. The van der Waals surface area contributed by atoms with E-state index in [1.165, 1.54) is 13.8 Å². The first-order chi connectivity index (χ1) is 17.5. The molecule has 1 aromatic rings. The van der Waals surface area contributed by atoms with Crippen molar-refractivity contribution in [1.29, 1.82) is 0 Å². The van der Waals surface area contributed by atoms with Crippen LogP contribution in [-0.4, -0.2) is 76.6 Å². The smallest absolute Gasteiger partial charge is 0.352 e. The third-order valence-electron chi connectivity index (χ3n) is 8.31. The average molecular weight is 516 g/mol. The number of esters is 3. The summed E-state index contributed by atoms with van der Waals surface area (Å²) in [5, 5.41) is 22.2. The van der Waals surface area contributed by atoms with Crippen LogP contribution in [0.1, 0.15) is 56.7 Å². The second-order valence-electron chi connectivity index (χ2n) is 10.6. The van der Waals surface area contributed by atoms with E-state index in [1.54, 1.807) is 13.0 Å². The number of nitrogens with zero attached hydrogens (tertiary/aromatic N) is 1. The van der Waals surface area contributed by atoms with Crippen molar-refractivity contribution in [2.24, 2.45) is 0 Å². The van der Waals surface area contributed by atoms with Gasteiger partial charge in [-0.3, -0.25) is 9.59 Å². The molecule has 4 aliphatic rings. The maximum absolute atomic E-state index is 13.0. The number of likely N-dealkylation sites (tertiary alicyclic amines) is 1. The van der Waals surface area contributed by atoms with Gasteiger partial charge in [0.15, 0.2) is 12.2 Å². The van der Waals surface area contributed by atoms with Crippen molar-refractivity contribution in [3.8, 4) is 5.75 Å². The summed E-state index contributed by atoms with van der Waals surface area (Å²) < 4.78 is 22.3. The van der Waals surface area contributed by atoms with Crippen LogP contribution in [0.15, 0.2) is 24.0 Å². The van der Waals surface area contributed by atoms with E-state index in [0.717, 1.165) is 17.7 Å². The lowest BCUT2D eigenvalue weighted by molar-refractivity contribution is -0.176. The number of aliphatic hydroxyl groups is 2. The van der Waals surface area contributed by atoms with Gasteiger partial charge in [0.2, 0.25) is 0 Å². The van der Waals surface area contributed by atoms with Crippen molar-refractivity contribution in [2.45, 2.75) is 88.4 Å². The maximum atomic E-state index is 13.0. The van der Waals surface area contributed by atoms with Gasteiger partial charge in [-0.15, -0.1) is 0 Å². The molecule has 37 heavy (non-hydrogen) atoms. The summed E-state index contributed by atoms with van der Waals surface area (Å²) in [5.74, 6) is -1.17. The first-order valence-corrected chi connectivity index (χ1v) is 12.7. The zero-order chi connectivity index (χ0) is 26.7. The van der Waals surface area contributed by atoms with Crippen LogP contribution in [0.3, 0.4) is 0 Å². The molecule has 0 amide bonds. The van der Waals surface area contributed by atoms with Crippen molar-refractivity contribution < 1.29 is 43.5 Å². The fourth-order valence-corrected chi connectivity index (χ4v) is 6.68. The summed E-state index contributed by atoms with van der Waals surface area (Å²) in [7, 11) is 2.01. The van der Waals surface area contributed by atoms with Gasteiger partial charge in [-0.25, -0.2) is 4.79 Å². The van der Waals surface area contributed by atoms with Crippen LogP contribution in [0.2, 0.25) is 0 Å². The normalized spacial score (nSPS) is 30.8. The zero-order valence-corrected chi connectivity index (χ0v) is 21.5. The number of aliphatic hydroxyl groups excluding tert-OH is 1. The third-order valence-corrected chi connectivity index (χ3v) is 8.31. The molecular formula is C27H33NO9. The van der Waals surface area contributed by atoms with Crippen molar-refractivity contribution in [3.63, 3.8) is 0 Å².